The van der Waals surface area contributed by atoms with Crippen molar-refractivity contribution in [3.05, 3.63) is 24.3 Å². The first-order valence-electron chi connectivity index (χ1n) is 7.78. The molecule has 0 saturated carbocycles. The predicted octanol–water partition coefficient (Wildman–Crippen LogP) is -1.98. The van der Waals surface area contributed by atoms with Crippen molar-refractivity contribution in [3.63, 3.8) is 0 Å². The number of rotatable bonds is 6. The highest BCUT2D eigenvalue weighted by Crippen LogP contribution is 2.25. The third kappa shape index (κ3) is 6.00. The van der Waals surface area contributed by atoms with Crippen LogP contribution >= 0.6 is 0 Å². The molecule has 12 nitrogen and oxygen atoms in total. The molecule has 13 heteroatoms. The number of hydrogen-bond acceptors (Lipinski definition) is 8. The lowest BCUT2D eigenvalue weighted by atomic mass is 9.99. The van der Waals surface area contributed by atoms with Crippen LogP contribution in [-0.4, -0.2) is 78.6 Å². The lowest BCUT2D eigenvalue weighted by Gasteiger charge is -2.40. The Morgan fingerprint density at radius 2 is 1.78 bits per heavy atom. The Balaban J connectivity index is 2.04. The highest BCUT2D eigenvalue weighted by atomic mass is 32.2. The maximum Gasteiger partial charge on any atom is 0.333 e. The van der Waals surface area contributed by atoms with Gasteiger partial charge in [-0.3, -0.25) is 4.55 Å². The van der Waals surface area contributed by atoms with Gasteiger partial charge in [0.1, 0.15) is 30.2 Å². The maximum absolute atomic E-state index is 11.2. The number of hydrogen-bond donors (Lipinski definition) is 7. The third-order valence-corrected chi connectivity index (χ3v) is 4.26. The zero-order chi connectivity index (χ0) is 20.2. The average Bonchev–Trinajstić information content (AvgIpc) is 2.61. The number of aliphatic hydroxyl groups excluding tert-OH is 3. The monoisotopic (exact) mass is 407 g/mol. The first-order valence-corrected chi connectivity index (χ1v) is 9.22. The molecule has 1 aliphatic heterocycles. The van der Waals surface area contributed by atoms with E-state index in [1.807, 2.05) is 0 Å². The van der Waals surface area contributed by atoms with Crippen molar-refractivity contribution in [2.24, 2.45) is 0 Å². The summed E-state index contributed by atoms with van der Waals surface area (Å²) in [6.07, 6.45) is -7.62. The van der Waals surface area contributed by atoms with Gasteiger partial charge in [0, 0.05) is 19.3 Å². The molecule has 1 aromatic carbocycles. The van der Waals surface area contributed by atoms with E-state index in [9.17, 15) is 28.5 Å². The Hall–Kier alpha value is -2.00. The normalized spacial score (nSPS) is 28.4. The van der Waals surface area contributed by atoms with E-state index >= 15 is 0 Å². The molecule has 5 atom stereocenters. The fourth-order valence-electron chi connectivity index (χ4n) is 2.31. The van der Waals surface area contributed by atoms with Crippen LogP contribution in [-0.2, 0) is 15.0 Å². The molecule has 1 saturated heterocycles. The molecule has 0 aliphatic carbocycles. The second kappa shape index (κ2) is 8.79. The molecule has 1 fully saturated rings. The van der Waals surface area contributed by atoms with Crippen molar-refractivity contribution in [1.82, 2.24) is 10.0 Å². The second-order valence-electron chi connectivity index (χ2n) is 5.68. The van der Waals surface area contributed by atoms with Crippen LogP contribution in [0.1, 0.15) is 0 Å². The molecule has 27 heavy (non-hydrogen) atoms. The number of aliphatic hydroxyl groups is 3. The van der Waals surface area contributed by atoms with E-state index in [4.69, 9.17) is 14.0 Å². The predicted molar refractivity (Wildman–Crippen MR) is 91.4 cm³/mol. The molecule has 1 aromatic rings. The van der Waals surface area contributed by atoms with Crippen LogP contribution in [0.15, 0.2) is 24.3 Å². The minimum absolute atomic E-state index is 0.214. The number of carbonyl (C=O) groups is 1. The Labute approximate surface area is 155 Å². The van der Waals surface area contributed by atoms with Crippen molar-refractivity contribution in [2.45, 2.75) is 30.7 Å². The van der Waals surface area contributed by atoms with E-state index in [1.165, 1.54) is 31.3 Å². The van der Waals surface area contributed by atoms with Crippen molar-refractivity contribution >= 4 is 22.0 Å². The summed E-state index contributed by atoms with van der Waals surface area (Å²) >= 11 is 0. The summed E-state index contributed by atoms with van der Waals surface area (Å²) in [5.74, 6) is 0.214. The standard InChI is InChI=1S/C14H21N3O9S/c1-15-14(21)17-7-2-4-8(5-3-7)25-13-12(20)11(19)10(18)9(26-13)6-16-27(22,23)24/h2-5,9-13,16,18-20H,6H2,1H3,(H2,15,17,21)(H,22,23,24)/t9-,10-,11+,12+,13+/m1/s1. The number of ether oxygens (including phenoxy) is 2. The highest BCUT2D eigenvalue weighted by Gasteiger charge is 2.45. The van der Waals surface area contributed by atoms with Crippen molar-refractivity contribution in [2.75, 3.05) is 18.9 Å². The number of nitrogens with one attached hydrogen (secondary N) is 3. The number of carbonyl (C=O) groups excluding carboxylic acids is 1. The molecule has 0 radical (unpaired) electrons. The van der Waals surface area contributed by atoms with Gasteiger partial charge >= 0.3 is 16.3 Å². The Bertz CT molecular complexity index is 743. The number of amides is 2. The van der Waals surface area contributed by atoms with E-state index in [0.717, 1.165) is 0 Å². The lowest BCUT2D eigenvalue weighted by Crippen LogP contribution is -2.61. The van der Waals surface area contributed by atoms with Gasteiger partial charge in [-0.2, -0.15) is 13.1 Å². The third-order valence-electron chi connectivity index (χ3n) is 3.73. The van der Waals surface area contributed by atoms with E-state index in [-0.39, 0.29) is 5.75 Å². The first-order chi connectivity index (χ1) is 12.6. The van der Waals surface area contributed by atoms with Crippen LogP contribution in [0, 0.1) is 0 Å². The quantitative estimate of drug-likeness (QED) is 0.262. The topological polar surface area (TPSA) is 187 Å². The fraction of sp³-hybridized carbons (Fsp3) is 0.500. The molecule has 7 N–H and O–H groups in total. The smallest absolute Gasteiger partial charge is 0.333 e. The summed E-state index contributed by atoms with van der Waals surface area (Å²) < 4.78 is 42.7. The Morgan fingerprint density at radius 1 is 1.15 bits per heavy atom. The molecule has 2 rings (SSSR count). The zero-order valence-corrected chi connectivity index (χ0v) is 15.0. The van der Waals surface area contributed by atoms with Crippen molar-refractivity contribution in [1.29, 1.82) is 0 Å². The van der Waals surface area contributed by atoms with Gasteiger partial charge in [-0.1, -0.05) is 0 Å². The first kappa shape index (κ1) is 21.3. The summed E-state index contributed by atoms with van der Waals surface area (Å²) in [6.45, 7) is -0.557. The molecule has 2 amide bonds. The largest absolute Gasteiger partial charge is 0.462 e. The van der Waals surface area contributed by atoms with Gasteiger partial charge in [-0.25, -0.2) is 4.79 Å². The fourth-order valence-corrected chi connectivity index (χ4v) is 2.69. The average molecular weight is 407 g/mol. The van der Waals surface area contributed by atoms with Crippen molar-refractivity contribution in [3.8, 4) is 5.75 Å². The Kier molecular flexibility index (Phi) is 6.94. The van der Waals surface area contributed by atoms with E-state index < -0.39 is 53.6 Å². The summed E-state index contributed by atoms with van der Waals surface area (Å²) in [5, 5.41) is 34.7. The zero-order valence-electron chi connectivity index (χ0n) is 14.1. The van der Waals surface area contributed by atoms with Gasteiger partial charge in [-0.05, 0) is 24.3 Å². The van der Waals surface area contributed by atoms with Crippen LogP contribution in [0.2, 0.25) is 0 Å². The van der Waals surface area contributed by atoms with E-state index in [1.54, 1.807) is 4.72 Å². The van der Waals surface area contributed by atoms with E-state index in [0.29, 0.717) is 5.69 Å². The van der Waals surface area contributed by atoms with E-state index in [2.05, 4.69) is 10.6 Å². The summed E-state index contributed by atoms with van der Waals surface area (Å²) in [7, 11) is -3.08. The number of anilines is 1. The van der Waals surface area contributed by atoms with Crippen molar-refractivity contribution < 1.29 is 42.6 Å². The van der Waals surface area contributed by atoms with Gasteiger partial charge in [0.15, 0.2) is 0 Å². The van der Waals surface area contributed by atoms with Gasteiger partial charge in [0.25, 0.3) is 0 Å². The molecule has 0 unspecified atom stereocenters. The summed E-state index contributed by atoms with van der Waals surface area (Å²) in [5.41, 5.74) is 0.470. The van der Waals surface area contributed by atoms with Crippen LogP contribution in [0.25, 0.3) is 0 Å². The number of benzene rings is 1. The highest BCUT2D eigenvalue weighted by molar-refractivity contribution is 7.83. The molecular weight excluding hydrogens is 386 g/mol. The molecule has 0 aromatic heterocycles. The summed E-state index contributed by atoms with van der Waals surface area (Å²) in [6, 6.07) is 5.54. The van der Waals surface area contributed by atoms with Gasteiger partial charge in [0.2, 0.25) is 6.29 Å². The maximum atomic E-state index is 11.2. The van der Waals surface area contributed by atoms with Crippen LogP contribution in [0.4, 0.5) is 10.5 Å². The molecule has 1 heterocycles. The molecule has 152 valence electrons. The number of urea groups is 1. The Morgan fingerprint density at radius 3 is 2.33 bits per heavy atom. The minimum Gasteiger partial charge on any atom is -0.462 e. The van der Waals surface area contributed by atoms with Gasteiger partial charge < -0.3 is 35.4 Å². The molecule has 1 aliphatic rings. The second-order valence-corrected chi connectivity index (χ2v) is 6.92. The SMILES string of the molecule is CNC(=O)Nc1ccc(O[C@H]2O[C@H](CNS(=O)(=O)O)[C@@H](O)[C@H](O)[C@@H]2O)cc1. The minimum atomic E-state index is -4.54. The van der Waals surface area contributed by atoms with Crippen LogP contribution < -0.4 is 20.1 Å². The molecular formula is C14H21N3O9S. The lowest BCUT2D eigenvalue weighted by molar-refractivity contribution is -0.270. The van der Waals surface area contributed by atoms with Gasteiger partial charge in [0.05, 0.1) is 0 Å². The van der Waals surface area contributed by atoms with Crippen LogP contribution in [0.5, 0.6) is 5.75 Å². The summed E-state index contributed by atoms with van der Waals surface area (Å²) in [4.78, 5) is 11.2. The van der Waals surface area contributed by atoms with Gasteiger partial charge in [-0.15, -0.1) is 0 Å². The van der Waals surface area contributed by atoms with Crippen LogP contribution in [0.3, 0.4) is 0 Å². The molecule has 0 bridgehead atoms. The molecule has 0 spiro atoms.